The Labute approximate surface area is 79.3 Å². The maximum Gasteiger partial charge on any atom is 0.478 e. The second-order valence-corrected chi connectivity index (χ2v) is 3.49. The van der Waals surface area contributed by atoms with E-state index in [1.54, 1.807) is 0 Å². The Bertz CT molecular complexity index is 119. The molecule has 0 heterocycles. The van der Waals surface area contributed by atoms with E-state index >= 15 is 0 Å². The first-order chi connectivity index (χ1) is 5.18. The van der Waals surface area contributed by atoms with Gasteiger partial charge in [-0.3, -0.25) is 13.6 Å². The van der Waals surface area contributed by atoms with Gasteiger partial charge in [-0.2, -0.15) is 0 Å². The molecule has 0 aromatic rings. The van der Waals surface area contributed by atoms with E-state index in [0.717, 1.165) is 0 Å². The van der Waals surface area contributed by atoms with Crippen LogP contribution in [0.4, 0.5) is 0 Å². The third-order valence-electron chi connectivity index (χ3n) is 0.621. The lowest BCUT2D eigenvalue weighted by Gasteiger charge is -2.12. The van der Waals surface area contributed by atoms with Crippen molar-refractivity contribution >= 4 is 42.6 Å². The van der Waals surface area contributed by atoms with Crippen LogP contribution in [0.3, 0.4) is 0 Å². The van der Waals surface area contributed by atoms with Gasteiger partial charge in [0.2, 0.25) is 0 Å². The molecule has 0 unspecified atom stereocenters. The minimum Gasteiger partial charge on any atom is -0.271 e. The molecule has 0 rings (SSSR count). The topological polar surface area (TPSA) is 44.8 Å². The number of phosphoric ester groups is 1. The van der Waals surface area contributed by atoms with Crippen LogP contribution >= 0.6 is 42.6 Å². The van der Waals surface area contributed by atoms with Gasteiger partial charge in [-0.1, -0.05) is 34.8 Å². The summed E-state index contributed by atoms with van der Waals surface area (Å²) in [6.45, 7) is 0. The summed E-state index contributed by atoms with van der Waals surface area (Å²) in [4.78, 5) is 0. The van der Waals surface area contributed by atoms with Crippen LogP contribution in [-0.2, 0) is 18.1 Å². The summed E-state index contributed by atoms with van der Waals surface area (Å²) in [7, 11) is -3.62. The Hall–Kier alpha value is 0.980. The largest absolute Gasteiger partial charge is 0.478 e. The first kappa shape index (κ1) is 12.0. The highest BCUT2D eigenvalue weighted by atomic mass is 35.5. The zero-order chi connectivity index (χ0) is 8.74. The quantitative estimate of drug-likeness (QED) is 0.531. The Balaban J connectivity index is 3.91. The van der Waals surface area contributed by atoms with Gasteiger partial charge in [0.25, 0.3) is 0 Å². The second-order valence-electron chi connectivity index (χ2n) is 1.16. The zero-order valence-electron chi connectivity index (χ0n) is 5.34. The lowest BCUT2D eigenvalue weighted by atomic mass is 11.7. The molecule has 0 amide bonds. The number of halogens is 3. The van der Waals surface area contributed by atoms with E-state index in [-0.39, 0.29) is 18.2 Å². The van der Waals surface area contributed by atoms with Crippen molar-refractivity contribution in [2.24, 2.45) is 0 Å². The summed E-state index contributed by atoms with van der Waals surface area (Å²) in [5.41, 5.74) is 0. The van der Waals surface area contributed by atoms with Gasteiger partial charge in [0.1, 0.15) is 18.2 Å². The number of hydrogen-bond acceptors (Lipinski definition) is 4. The normalized spacial score (nSPS) is 11.9. The van der Waals surface area contributed by atoms with E-state index in [4.69, 9.17) is 34.8 Å². The molecule has 0 N–H and O–H groups in total. The lowest BCUT2D eigenvalue weighted by Crippen LogP contribution is -1.96. The van der Waals surface area contributed by atoms with Crippen LogP contribution in [-0.4, -0.2) is 18.2 Å². The van der Waals surface area contributed by atoms with Gasteiger partial charge < -0.3 is 0 Å². The van der Waals surface area contributed by atoms with Crippen molar-refractivity contribution < 1.29 is 18.1 Å². The molecule has 4 nitrogen and oxygen atoms in total. The molecule has 0 spiro atoms. The third-order valence-corrected chi connectivity index (χ3v) is 2.74. The van der Waals surface area contributed by atoms with Crippen LogP contribution in [0.5, 0.6) is 0 Å². The average molecular weight is 243 g/mol. The first-order valence-electron chi connectivity index (χ1n) is 2.40. The SMILES string of the molecule is O=P(OCCl)(OCCl)OCCl. The van der Waals surface area contributed by atoms with Crippen LogP contribution in [0.15, 0.2) is 0 Å². The molecule has 0 atom stereocenters. The zero-order valence-corrected chi connectivity index (χ0v) is 8.50. The van der Waals surface area contributed by atoms with Gasteiger partial charge in [-0.15, -0.1) is 0 Å². The van der Waals surface area contributed by atoms with Gasteiger partial charge in [0.05, 0.1) is 0 Å². The predicted molar refractivity (Wildman–Crippen MR) is 43.0 cm³/mol. The number of phosphoric acid groups is 1. The minimum atomic E-state index is -3.62. The van der Waals surface area contributed by atoms with Crippen LogP contribution < -0.4 is 0 Å². The maximum absolute atomic E-state index is 11.1. The van der Waals surface area contributed by atoms with Crippen LogP contribution in [0.25, 0.3) is 0 Å². The van der Waals surface area contributed by atoms with E-state index < -0.39 is 7.82 Å². The highest BCUT2D eigenvalue weighted by Crippen LogP contribution is 2.49. The van der Waals surface area contributed by atoms with Crippen molar-refractivity contribution in [1.29, 1.82) is 0 Å². The number of rotatable bonds is 6. The molecular formula is C3H6Cl3O4P. The number of hydrogen-bond donors (Lipinski definition) is 0. The molecule has 0 saturated carbocycles. The number of alkyl halides is 3. The maximum atomic E-state index is 11.1. The van der Waals surface area contributed by atoms with Gasteiger partial charge in [0, 0.05) is 0 Å². The molecule has 0 aromatic heterocycles. The van der Waals surface area contributed by atoms with E-state index in [2.05, 4.69) is 13.6 Å². The Morgan fingerprint density at radius 3 is 1.36 bits per heavy atom. The molecule has 0 fully saturated rings. The average Bonchev–Trinajstić information content (AvgIpc) is 1.88. The van der Waals surface area contributed by atoms with E-state index in [9.17, 15) is 4.57 Å². The van der Waals surface area contributed by atoms with Gasteiger partial charge >= 0.3 is 7.82 Å². The van der Waals surface area contributed by atoms with Crippen molar-refractivity contribution in [2.75, 3.05) is 18.2 Å². The fourth-order valence-electron chi connectivity index (χ4n) is 0.291. The Morgan fingerprint density at radius 2 is 1.18 bits per heavy atom. The van der Waals surface area contributed by atoms with Gasteiger partial charge in [-0.05, 0) is 0 Å². The molecule has 0 aliphatic rings. The van der Waals surface area contributed by atoms with Gasteiger partial charge in [-0.25, -0.2) is 4.57 Å². The second kappa shape index (κ2) is 6.49. The summed E-state index contributed by atoms with van der Waals surface area (Å²) >= 11 is 15.4. The van der Waals surface area contributed by atoms with Gasteiger partial charge in [0.15, 0.2) is 0 Å². The molecule has 68 valence electrons. The van der Waals surface area contributed by atoms with Crippen LogP contribution in [0.1, 0.15) is 0 Å². The molecule has 0 aliphatic heterocycles. The molecule has 11 heavy (non-hydrogen) atoms. The molecule has 0 bridgehead atoms. The summed E-state index contributed by atoms with van der Waals surface area (Å²) in [6, 6.07) is -0.943. The molecule has 0 aliphatic carbocycles. The summed E-state index contributed by atoms with van der Waals surface area (Å²) < 4.78 is 24.3. The fourth-order valence-corrected chi connectivity index (χ4v) is 1.95. The summed E-state index contributed by atoms with van der Waals surface area (Å²) in [5, 5.41) is 0. The van der Waals surface area contributed by atoms with Crippen molar-refractivity contribution in [3.8, 4) is 0 Å². The molecule has 0 radical (unpaired) electrons. The van der Waals surface area contributed by atoms with Crippen molar-refractivity contribution in [2.45, 2.75) is 0 Å². The predicted octanol–water partition coefficient (Wildman–Crippen LogP) is 2.73. The lowest BCUT2D eigenvalue weighted by molar-refractivity contribution is 0.158. The minimum absolute atomic E-state index is 0.314. The molecular weight excluding hydrogens is 237 g/mol. The van der Waals surface area contributed by atoms with Crippen molar-refractivity contribution in [3.63, 3.8) is 0 Å². The Morgan fingerprint density at radius 1 is 0.909 bits per heavy atom. The summed E-state index contributed by atoms with van der Waals surface area (Å²) in [6.07, 6.45) is 0. The third kappa shape index (κ3) is 5.26. The van der Waals surface area contributed by atoms with Crippen LogP contribution in [0.2, 0.25) is 0 Å². The first-order valence-corrected chi connectivity index (χ1v) is 5.46. The molecule has 0 saturated heterocycles. The smallest absolute Gasteiger partial charge is 0.271 e. The fraction of sp³-hybridized carbons (Fsp3) is 1.00. The van der Waals surface area contributed by atoms with E-state index in [0.29, 0.717) is 0 Å². The van der Waals surface area contributed by atoms with Crippen LogP contribution in [0, 0.1) is 0 Å². The summed E-state index contributed by atoms with van der Waals surface area (Å²) in [5.74, 6) is 0. The standard InChI is InChI=1S/C3H6Cl3O4P/c4-1-8-11(7,9-2-5)10-3-6/h1-3H2. The highest BCUT2D eigenvalue weighted by Gasteiger charge is 2.25. The molecule has 8 heteroatoms. The van der Waals surface area contributed by atoms with Crippen molar-refractivity contribution in [3.05, 3.63) is 0 Å². The Kier molecular flexibility index (Phi) is 7.07. The van der Waals surface area contributed by atoms with E-state index in [1.807, 2.05) is 0 Å². The molecule has 0 aromatic carbocycles. The van der Waals surface area contributed by atoms with E-state index in [1.165, 1.54) is 0 Å². The monoisotopic (exact) mass is 242 g/mol. The van der Waals surface area contributed by atoms with Crippen molar-refractivity contribution in [1.82, 2.24) is 0 Å². The highest BCUT2D eigenvalue weighted by molar-refractivity contribution is 7.48.